The quantitative estimate of drug-likeness (QED) is 0.709. The van der Waals surface area contributed by atoms with E-state index in [1.54, 1.807) is 19.2 Å². The molecule has 138 valence electrons. The molecule has 0 saturated carbocycles. The van der Waals surface area contributed by atoms with E-state index in [4.69, 9.17) is 4.74 Å². The molecule has 2 N–H and O–H groups in total. The fourth-order valence-corrected chi connectivity index (χ4v) is 2.38. The number of hydrogen-bond donors (Lipinski definition) is 2. The maximum absolute atomic E-state index is 12.1. The summed E-state index contributed by atoms with van der Waals surface area (Å²) in [7, 11) is 5.50. The summed E-state index contributed by atoms with van der Waals surface area (Å²) in [6.45, 7) is 0.763. The van der Waals surface area contributed by atoms with Crippen molar-refractivity contribution in [3.8, 4) is 5.75 Å². The first-order chi connectivity index (χ1) is 12.5. The molecule has 0 bridgehead atoms. The fraction of sp³-hybridized carbons (Fsp3) is 0.300. The topological polar surface area (TPSA) is 70.7 Å². The maximum Gasteiger partial charge on any atom is 0.251 e. The molecule has 0 aliphatic carbocycles. The zero-order chi connectivity index (χ0) is 18.9. The van der Waals surface area contributed by atoms with Gasteiger partial charge in [-0.05, 0) is 42.0 Å². The van der Waals surface area contributed by atoms with Crippen molar-refractivity contribution in [2.75, 3.05) is 39.2 Å². The van der Waals surface area contributed by atoms with Gasteiger partial charge in [0.2, 0.25) is 5.91 Å². The first kappa shape index (κ1) is 19.3. The number of nitrogens with zero attached hydrogens (tertiary/aromatic N) is 1. The summed E-state index contributed by atoms with van der Waals surface area (Å²) in [6, 6.07) is 14.7. The molecule has 6 nitrogen and oxygen atoms in total. The molecule has 0 aliphatic rings. The Kier molecular flexibility index (Phi) is 7.02. The molecule has 0 atom stereocenters. The van der Waals surface area contributed by atoms with Crippen molar-refractivity contribution in [2.45, 2.75) is 6.42 Å². The molecule has 2 amide bonds. The number of carbonyl (C=O) groups is 2. The molecular weight excluding hydrogens is 330 g/mol. The van der Waals surface area contributed by atoms with Crippen molar-refractivity contribution in [2.24, 2.45) is 0 Å². The number of carbonyl (C=O) groups excluding carboxylic acids is 2. The fourth-order valence-electron chi connectivity index (χ4n) is 2.38. The summed E-state index contributed by atoms with van der Waals surface area (Å²) in [6.07, 6.45) is 0.296. The second-order valence-electron chi connectivity index (χ2n) is 6.07. The van der Waals surface area contributed by atoms with Crippen LogP contribution in [0.25, 0.3) is 0 Å². The molecule has 0 spiro atoms. The van der Waals surface area contributed by atoms with Gasteiger partial charge in [0.25, 0.3) is 5.91 Å². The van der Waals surface area contributed by atoms with Crippen molar-refractivity contribution in [3.63, 3.8) is 0 Å². The molecule has 0 fully saturated rings. The molecule has 0 unspecified atom stereocenters. The third-order valence-electron chi connectivity index (χ3n) is 3.90. The SMILES string of the molecule is COc1ccc(CC(=O)NCCNC(=O)c2ccc(N(C)C)cc2)cc1. The van der Waals surface area contributed by atoms with Gasteiger partial charge in [-0.3, -0.25) is 9.59 Å². The van der Waals surface area contributed by atoms with Crippen molar-refractivity contribution in [3.05, 3.63) is 59.7 Å². The highest BCUT2D eigenvalue weighted by Gasteiger charge is 2.06. The Balaban J connectivity index is 1.70. The lowest BCUT2D eigenvalue weighted by Crippen LogP contribution is -2.35. The summed E-state index contributed by atoms with van der Waals surface area (Å²) in [4.78, 5) is 26.0. The molecule has 0 saturated heterocycles. The van der Waals surface area contributed by atoms with Crippen LogP contribution in [0.3, 0.4) is 0 Å². The van der Waals surface area contributed by atoms with Crippen LogP contribution in [0, 0.1) is 0 Å². The van der Waals surface area contributed by atoms with E-state index in [9.17, 15) is 9.59 Å². The average molecular weight is 355 g/mol. The smallest absolute Gasteiger partial charge is 0.251 e. The Labute approximate surface area is 154 Å². The summed E-state index contributed by atoms with van der Waals surface area (Å²) in [5.74, 6) is 0.523. The number of anilines is 1. The zero-order valence-electron chi connectivity index (χ0n) is 15.4. The van der Waals surface area contributed by atoms with Gasteiger partial charge < -0.3 is 20.3 Å². The van der Waals surface area contributed by atoms with Gasteiger partial charge in [0.1, 0.15) is 5.75 Å². The highest BCUT2D eigenvalue weighted by atomic mass is 16.5. The van der Waals surface area contributed by atoms with E-state index in [-0.39, 0.29) is 11.8 Å². The minimum Gasteiger partial charge on any atom is -0.497 e. The lowest BCUT2D eigenvalue weighted by Gasteiger charge is -2.12. The number of ether oxygens (including phenoxy) is 1. The van der Waals surface area contributed by atoms with Crippen LogP contribution in [-0.4, -0.2) is 46.1 Å². The van der Waals surface area contributed by atoms with Crippen LogP contribution in [0.2, 0.25) is 0 Å². The molecule has 0 radical (unpaired) electrons. The number of methoxy groups -OCH3 is 1. The number of amides is 2. The Morgan fingerprint density at radius 2 is 1.54 bits per heavy atom. The molecule has 0 aromatic heterocycles. The Bertz CT molecular complexity index is 725. The van der Waals surface area contributed by atoms with E-state index in [0.717, 1.165) is 17.0 Å². The van der Waals surface area contributed by atoms with Crippen LogP contribution >= 0.6 is 0 Å². The van der Waals surface area contributed by atoms with Crippen molar-refractivity contribution >= 4 is 17.5 Å². The number of nitrogens with one attached hydrogen (secondary N) is 2. The van der Waals surface area contributed by atoms with Gasteiger partial charge in [-0.2, -0.15) is 0 Å². The van der Waals surface area contributed by atoms with Crippen molar-refractivity contribution in [1.29, 1.82) is 0 Å². The lowest BCUT2D eigenvalue weighted by molar-refractivity contribution is -0.120. The molecule has 26 heavy (non-hydrogen) atoms. The van der Waals surface area contributed by atoms with Crippen LogP contribution in [0.5, 0.6) is 5.75 Å². The standard InChI is InChI=1S/C20H25N3O3/c1-23(2)17-8-6-16(7-9-17)20(25)22-13-12-21-19(24)14-15-4-10-18(26-3)11-5-15/h4-11H,12-14H2,1-3H3,(H,21,24)(H,22,25). The second-order valence-corrected chi connectivity index (χ2v) is 6.07. The van der Waals surface area contributed by atoms with E-state index in [1.807, 2.05) is 55.4 Å². The molecule has 0 aliphatic heterocycles. The van der Waals surface area contributed by atoms with Crippen LogP contribution in [-0.2, 0) is 11.2 Å². The van der Waals surface area contributed by atoms with E-state index < -0.39 is 0 Å². The summed E-state index contributed by atoms with van der Waals surface area (Å²) >= 11 is 0. The van der Waals surface area contributed by atoms with Crippen molar-refractivity contribution < 1.29 is 14.3 Å². The Morgan fingerprint density at radius 3 is 2.12 bits per heavy atom. The molecule has 2 rings (SSSR count). The summed E-state index contributed by atoms with van der Waals surface area (Å²) in [5.41, 5.74) is 2.54. The molecule has 2 aromatic rings. The Hall–Kier alpha value is -3.02. The summed E-state index contributed by atoms with van der Waals surface area (Å²) in [5, 5.41) is 5.60. The van der Waals surface area contributed by atoms with Crippen LogP contribution < -0.4 is 20.3 Å². The van der Waals surface area contributed by atoms with Gasteiger partial charge in [0.05, 0.1) is 13.5 Å². The molecular formula is C20H25N3O3. The van der Waals surface area contributed by atoms with Gasteiger partial charge in [0.15, 0.2) is 0 Å². The predicted molar refractivity (Wildman–Crippen MR) is 103 cm³/mol. The van der Waals surface area contributed by atoms with E-state index in [1.165, 1.54) is 0 Å². The first-order valence-corrected chi connectivity index (χ1v) is 8.45. The normalized spacial score (nSPS) is 10.1. The number of benzene rings is 2. The monoisotopic (exact) mass is 355 g/mol. The van der Waals surface area contributed by atoms with Crippen LogP contribution in [0.1, 0.15) is 15.9 Å². The van der Waals surface area contributed by atoms with Gasteiger partial charge in [0, 0.05) is 38.4 Å². The van der Waals surface area contributed by atoms with Gasteiger partial charge in [-0.15, -0.1) is 0 Å². The van der Waals surface area contributed by atoms with Gasteiger partial charge in [-0.1, -0.05) is 12.1 Å². The molecule has 6 heteroatoms. The minimum absolute atomic E-state index is 0.0836. The van der Waals surface area contributed by atoms with E-state index >= 15 is 0 Å². The lowest BCUT2D eigenvalue weighted by atomic mass is 10.1. The van der Waals surface area contributed by atoms with Crippen molar-refractivity contribution in [1.82, 2.24) is 10.6 Å². The maximum atomic E-state index is 12.1. The average Bonchev–Trinajstić information content (AvgIpc) is 2.65. The van der Waals surface area contributed by atoms with E-state index in [2.05, 4.69) is 10.6 Å². The molecule has 0 heterocycles. The first-order valence-electron chi connectivity index (χ1n) is 8.45. The minimum atomic E-state index is -0.153. The van der Waals surface area contributed by atoms with Gasteiger partial charge in [-0.25, -0.2) is 0 Å². The number of hydrogen-bond acceptors (Lipinski definition) is 4. The van der Waals surface area contributed by atoms with Crippen LogP contribution in [0.4, 0.5) is 5.69 Å². The van der Waals surface area contributed by atoms with Crippen LogP contribution in [0.15, 0.2) is 48.5 Å². The molecule has 2 aromatic carbocycles. The second kappa shape index (κ2) is 9.46. The number of rotatable bonds is 8. The third-order valence-corrected chi connectivity index (χ3v) is 3.90. The Morgan fingerprint density at radius 1 is 0.923 bits per heavy atom. The summed E-state index contributed by atoms with van der Waals surface area (Å²) < 4.78 is 5.09. The zero-order valence-corrected chi connectivity index (χ0v) is 15.4. The van der Waals surface area contributed by atoms with E-state index in [0.29, 0.717) is 25.1 Å². The largest absolute Gasteiger partial charge is 0.497 e. The van der Waals surface area contributed by atoms with Gasteiger partial charge >= 0.3 is 0 Å². The predicted octanol–water partition coefficient (Wildman–Crippen LogP) is 1.85. The highest BCUT2D eigenvalue weighted by Crippen LogP contribution is 2.12. The highest BCUT2D eigenvalue weighted by molar-refractivity contribution is 5.94. The third kappa shape index (κ3) is 5.81.